The third-order valence-corrected chi connectivity index (χ3v) is 21.2. The fourth-order valence-corrected chi connectivity index (χ4v) is 8.86. The Morgan fingerprint density at radius 3 is 1.34 bits per heavy atom. The van der Waals surface area contributed by atoms with Crippen molar-refractivity contribution in [2.24, 2.45) is 0 Å². The Kier molecular flexibility index (Phi) is 60.9. The molecule has 2 aliphatic rings. The molecule has 0 aromatic carbocycles. The molecule has 2 amide bonds. The maximum atomic E-state index is 11.5. The van der Waals surface area contributed by atoms with E-state index in [1.165, 1.54) is 12.8 Å². The van der Waals surface area contributed by atoms with Crippen molar-refractivity contribution in [3.05, 3.63) is 25.8 Å². The second-order valence-corrected chi connectivity index (χ2v) is 28.6. The molecule has 2 fully saturated rings. The number of esters is 2. The third-order valence-electron chi connectivity index (χ3n) is 9.71. The number of amides is 2. The van der Waals surface area contributed by atoms with Crippen molar-refractivity contribution in [2.75, 3.05) is 77.9 Å². The molecule has 0 unspecified atom stereocenters. The number of urea groups is 1. The Morgan fingerprint density at radius 2 is 1.09 bits per heavy atom. The van der Waals surface area contributed by atoms with Crippen LogP contribution in [0.5, 0.6) is 0 Å². The van der Waals surface area contributed by atoms with Crippen molar-refractivity contribution in [3.8, 4) is 0 Å². The summed E-state index contributed by atoms with van der Waals surface area (Å²) in [5.74, 6) is -0.351. The van der Waals surface area contributed by atoms with Gasteiger partial charge in [0.05, 0.1) is 58.1 Å². The maximum absolute atomic E-state index is 11.5. The van der Waals surface area contributed by atoms with Gasteiger partial charge in [-0.2, -0.15) is 13.5 Å². The Labute approximate surface area is 446 Å². The Morgan fingerprint density at radius 1 is 0.754 bits per heavy atom. The van der Waals surface area contributed by atoms with Gasteiger partial charge < -0.3 is 65.4 Å². The van der Waals surface area contributed by atoms with Crippen molar-refractivity contribution in [2.45, 2.75) is 171 Å². The summed E-state index contributed by atoms with van der Waals surface area (Å²) in [6.07, 6.45) is 6.69. The average molecular weight is 1150 g/mol. The van der Waals surface area contributed by atoms with E-state index in [1.54, 1.807) is 15.9 Å². The Hall–Kier alpha value is 0.450. The molecule has 0 spiro atoms. The first kappa shape index (κ1) is 82.4. The van der Waals surface area contributed by atoms with E-state index in [-0.39, 0.29) is 96.6 Å². The van der Waals surface area contributed by atoms with Crippen molar-refractivity contribution in [3.63, 3.8) is 0 Å². The molecule has 2 aliphatic heterocycles. The number of ether oxygens (including phenoxy) is 3. The average Bonchev–Trinajstić information content (AvgIpc) is 3.76. The second-order valence-electron chi connectivity index (χ2n) is 17.0. The number of carbonyl (C=O) groups excluding carboxylic acids is 3. The van der Waals surface area contributed by atoms with Crippen LogP contribution in [0.4, 0.5) is 4.79 Å². The van der Waals surface area contributed by atoms with Gasteiger partial charge in [-0.05, 0) is 96.6 Å². The summed E-state index contributed by atoms with van der Waals surface area (Å²) in [5, 5.41) is 0.312. The molecule has 2 saturated heterocycles. The molecule has 0 aromatic rings. The monoisotopic (exact) mass is 1150 g/mol. The molecule has 2 rings (SSSR count). The molecule has 0 N–H and O–H groups in total. The van der Waals surface area contributed by atoms with E-state index in [0.29, 0.717) is 52.3 Å². The van der Waals surface area contributed by atoms with Crippen molar-refractivity contribution in [1.82, 2.24) is 9.80 Å². The molecular weight excluding hydrogens is 1050 g/mol. The summed E-state index contributed by atoms with van der Waals surface area (Å²) in [5.41, 5.74) is 0. The Balaban J connectivity index is -0.000000106. The zero-order chi connectivity index (χ0) is 48.3. The van der Waals surface area contributed by atoms with Crippen LogP contribution in [0, 0.1) is 6.58 Å². The smallest absolute Gasteiger partial charge is 1.00 e. The molecule has 2 heterocycles. The molecule has 13 nitrogen and oxygen atoms in total. The van der Waals surface area contributed by atoms with E-state index < -0.39 is 25.2 Å². The van der Waals surface area contributed by atoms with Gasteiger partial charge in [-0.15, -0.1) is 6.58 Å². The van der Waals surface area contributed by atoms with Gasteiger partial charge in [0.25, 0.3) is 0 Å². The van der Waals surface area contributed by atoms with E-state index >= 15 is 0 Å². The standard InChI is InChI=1S/C14H28O3Si.C12H25IO3Si.C6H12N2O.C6H15O3P.C4H8O.C2H3.CH4.ClH.Mg.H2S/c1-8-10-12(11-13(15)16-9-2)17-18(6,7)14(3,4)5;1-7-15-11(14)8-10(9-13)16-17(5,6)12(2,3)4;1-7-4-3-5-8(2)6(7)9;1-4-7-10(8-5-2)9-6-3;1-2-4-5-3-1;1-2;;;;/h8,12H,1,9-11H2,2-7H3;10H,7-9H2,1-6H3;3-5H2,1-2H3;4-6H2,1-3H3;1-4H2;1H,2H2;1H4;1H;;1H2/q;;;;;-1;;;+2;/p-1/t12-;10-;;;;;;;;/m10......../s1. The van der Waals surface area contributed by atoms with E-state index in [4.69, 9.17) is 36.6 Å². The summed E-state index contributed by atoms with van der Waals surface area (Å²) < 4.78 is 43.6. The SMILES string of the molecule is C.C1CCOC1.C=CC[C@H](CC(=O)OCC)O[Si](C)(C)C(C)(C)C.CCOC(=O)C[C@@H](CI)O[Si](C)(C)C(C)(C)C.CCOP(OCC)OCC.CN1CCCN(C)C1=O.S.[CH-]=C.[Cl-].[Mg+2]. The molecular formula is C45H97ClIMgN2O11PSSi2. The van der Waals surface area contributed by atoms with Crippen LogP contribution in [0.15, 0.2) is 19.2 Å². The predicted octanol–water partition coefficient (Wildman–Crippen LogP) is 9.14. The third kappa shape index (κ3) is 44.2. The normalized spacial score (nSPS) is 14.2. The van der Waals surface area contributed by atoms with Gasteiger partial charge in [0.2, 0.25) is 0 Å². The number of hydrogen-bond donors (Lipinski definition) is 0. The number of rotatable bonds is 19. The molecule has 0 aliphatic carbocycles. The molecule has 20 heteroatoms. The molecule has 65 heavy (non-hydrogen) atoms. The fourth-order valence-electron chi connectivity index (χ4n) is 4.45. The number of carbonyl (C=O) groups is 3. The molecule has 0 bridgehead atoms. The second kappa shape index (κ2) is 48.1. The van der Waals surface area contributed by atoms with Crippen LogP contribution >= 0.6 is 44.7 Å². The number of hydrogen-bond acceptors (Lipinski definition) is 11. The molecule has 0 radical (unpaired) electrons. The zero-order valence-electron chi connectivity index (χ0n) is 43.3. The first-order valence-corrected chi connectivity index (χ1v) is 30.2. The van der Waals surface area contributed by atoms with Crippen LogP contribution in [0.25, 0.3) is 0 Å². The van der Waals surface area contributed by atoms with Crippen molar-refractivity contribution in [1.29, 1.82) is 0 Å². The zero-order valence-corrected chi connectivity index (χ0v) is 51.6. The first-order valence-electron chi connectivity index (χ1n) is 21.8. The van der Waals surface area contributed by atoms with Crippen LogP contribution in [0.1, 0.15) is 122 Å². The minimum Gasteiger partial charge on any atom is -1.00 e. The van der Waals surface area contributed by atoms with E-state index in [2.05, 4.69) is 110 Å². The molecule has 0 saturated carbocycles. The maximum Gasteiger partial charge on any atom is 2.00 e. The minimum absolute atomic E-state index is 0. The van der Waals surface area contributed by atoms with Crippen LogP contribution in [-0.4, -0.2) is 158 Å². The fraction of sp³-hybridized carbons (Fsp3) is 0.844. The van der Waals surface area contributed by atoms with Crippen molar-refractivity contribution < 1.29 is 63.4 Å². The summed E-state index contributed by atoms with van der Waals surface area (Å²) >= 11 is 2.27. The number of alkyl halides is 1. The van der Waals surface area contributed by atoms with Crippen LogP contribution < -0.4 is 12.4 Å². The molecule has 388 valence electrons. The van der Waals surface area contributed by atoms with Crippen LogP contribution in [-0.2, 0) is 46.2 Å². The van der Waals surface area contributed by atoms with Crippen LogP contribution in [0.3, 0.4) is 0 Å². The summed E-state index contributed by atoms with van der Waals surface area (Å²) in [4.78, 5) is 37.5. The predicted molar refractivity (Wildman–Crippen MR) is 290 cm³/mol. The summed E-state index contributed by atoms with van der Waals surface area (Å²) in [6.45, 7) is 48.7. The number of nitrogens with zero attached hydrogens (tertiary/aromatic N) is 2. The van der Waals surface area contributed by atoms with Gasteiger partial charge in [0.1, 0.15) is 0 Å². The van der Waals surface area contributed by atoms with Gasteiger partial charge >= 0.3 is 49.6 Å². The van der Waals surface area contributed by atoms with Gasteiger partial charge in [-0.25, -0.2) is 4.79 Å². The largest absolute Gasteiger partial charge is 2.00 e. The van der Waals surface area contributed by atoms with Gasteiger partial charge in [0.15, 0.2) is 16.6 Å². The quantitative estimate of drug-likeness (QED) is 0.0234. The Bertz CT molecular complexity index is 1110. The first-order chi connectivity index (χ1) is 28.3. The van der Waals surface area contributed by atoms with E-state index in [1.807, 2.05) is 48.7 Å². The van der Waals surface area contributed by atoms with Crippen molar-refractivity contribution >= 4 is 102 Å². The van der Waals surface area contributed by atoms with Gasteiger partial charge in [-0.1, -0.05) is 77.6 Å². The van der Waals surface area contributed by atoms with Gasteiger partial charge in [0, 0.05) is 44.8 Å². The molecule has 2 atom stereocenters. The summed E-state index contributed by atoms with van der Waals surface area (Å²) in [7, 11) is -1.04. The number of halogens is 2. The topological polar surface area (TPSA) is 132 Å². The summed E-state index contributed by atoms with van der Waals surface area (Å²) in [6, 6.07) is 0.140. The van der Waals surface area contributed by atoms with E-state index in [0.717, 1.165) is 37.2 Å². The molecule has 0 aromatic heterocycles. The van der Waals surface area contributed by atoms with Crippen LogP contribution in [0.2, 0.25) is 36.3 Å². The van der Waals surface area contributed by atoms with E-state index in [9.17, 15) is 14.4 Å². The van der Waals surface area contributed by atoms with Gasteiger partial charge in [-0.3, -0.25) is 16.2 Å². The minimum atomic E-state index is -1.85.